The highest BCUT2D eigenvalue weighted by Crippen LogP contribution is 2.45. The topological polar surface area (TPSA) is 51.2 Å². The first-order chi connectivity index (χ1) is 14.5. The second kappa shape index (κ2) is 8.65. The van der Waals surface area contributed by atoms with E-state index >= 15 is 0 Å². The van der Waals surface area contributed by atoms with Crippen molar-refractivity contribution in [1.82, 2.24) is 4.98 Å². The van der Waals surface area contributed by atoms with Crippen molar-refractivity contribution >= 4 is 34.1 Å². The van der Waals surface area contributed by atoms with E-state index in [2.05, 4.69) is 24.1 Å². The van der Waals surface area contributed by atoms with E-state index in [1.807, 2.05) is 48.5 Å². The normalized spacial score (nSPS) is 15.5. The summed E-state index contributed by atoms with van der Waals surface area (Å²) in [4.78, 5) is 18.1. The predicted octanol–water partition coefficient (Wildman–Crippen LogP) is 6.37. The summed E-state index contributed by atoms with van der Waals surface area (Å²) in [7, 11) is 0. The molecule has 1 heterocycles. The number of pyridine rings is 1. The van der Waals surface area contributed by atoms with E-state index in [9.17, 15) is 4.79 Å². The number of carbonyl (C=O) groups excluding carboxylic acids is 1. The fraction of sp³-hybridized carbons (Fsp3) is 0.360. The number of hydrogen-bond acceptors (Lipinski definition) is 3. The molecule has 1 fully saturated rings. The van der Waals surface area contributed by atoms with E-state index < -0.39 is 5.41 Å². The van der Waals surface area contributed by atoms with Crippen molar-refractivity contribution in [3.8, 4) is 5.75 Å². The van der Waals surface area contributed by atoms with Gasteiger partial charge in [-0.2, -0.15) is 0 Å². The highest BCUT2D eigenvalue weighted by atomic mass is 35.5. The van der Waals surface area contributed by atoms with Crippen LogP contribution < -0.4 is 10.1 Å². The van der Waals surface area contributed by atoms with Crippen LogP contribution in [0.15, 0.2) is 54.7 Å². The van der Waals surface area contributed by atoms with Gasteiger partial charge < -0.3 is 10.1 Å². The number of amides is 1. The minimum Gasteiger partial charge on any atom is -0.491 e. The Balaban J connectivity index is 1.69. The summed E-state index contributed by atoms with van der Waals surface area (Å²) in [6, 6.07) is 15.4. The zero-order valence-corrected chi connectivity index (χ0v) is 18.2. The van der Waals surface area contributed by atoms with Gasteiger partial charge in [-0.15, -0.1) is 0 Å². The molecule has 1 N–H and O–H groups in total. The van der Waals surface area contributed by atoms with Crippen LogP contribution >= 0.6 is 11.6 Å². The zero-order chi connectivity index (χ0) is 21.1. The molecule has 0 saturated heterocycles. The number of rotatable bonds is 6. The number of nitrogens with one attached hydrogen (secondary N) is 1. The highest BCUT2D eigenvalue weighted by molar-refractivity contribution is 6.32. The van der Waals surface area contributed by atoms with Crippen molar-refractivity contribution < 1.29 is 9.53 Å². The second-order valence-electron chi connectivity index (χ2n) is 8.44. The minimum atomic E-state index is -0.598. The van der Waals surface area contributed by atoms with Crippen LogP contribution in [0.3, 0.4) is 0 Å². The molecule has 3 aromatic rings. The van der Waals surface area contributed by atoms with E-state index in [-0.39, 0.29) is 5.91 Å². The van der Waals surface area contributed by atoms with E-state index in [0.717, 1.165) is 53.6 Å². The molecule has 0 bridgehead atoms. The maximum absolute atomic E-state index is 13.6. The van der Waals surface area contributed by atoms with Crippen LogP contribution in [0.1, 0.15) is 45.1 Å². The molecule has 0 spiro atoms. The zero-order valence-electron chi connectivity index (χ0n) is 17.5. The summed E-state index contributed by atoms with van der Waals surface area (Å²) in [6.07, 6.45) is 5.38. The second-order valence-corrected chi connectivity index (χ2v) is 8.85. The van der Waals surface area contributed by atoms with Crippen LogP contribution in [0.4, 0.5) is 5.69 Å². The van der Waals surface area contributed by atoms with Gasteiger partial charge in [0.1, 0.15) is 11.3 Å². The number of aromatic nitrogens is 1. The first kappa shape index (κ1) is 20.7. The monoisotopic (exact) mass is 422 g/mol. The lowest BCUT2D eigenvalue weighted by Gasteiger charge is -2.29. The van der Waals surface area contributed by atoms with Gasteiger partial charge in [-0.3, -0.25) is 9.78 Å². The Bertz CT molecular complexity index is 1060. The van der Waals surface area contributed by atoms with Gasteiger partial charge in [0.2, 0.25) is 5.91 Å². The Labute approximate surface area is 182 Å². The molecular formula is C25H27ClN2O2. The van der Waals surface area contributed by atoms with Gasteiger partial charge in [-0.05, 0) is 54.7 Å². The standard InChI is InChI=1S/C25H27ClN2O2/c1-17(2)16-30-22-12-11-21(18-8-7-15-27-23(18)22)28-24(29)25(13-5-6-14-25)19-9-3-4-10-20(19)26/h3-4,7-12,15,17H,5-6,13-14,16H2,1-2H3,(H,28,29). The molecule has 1 aliphatic rings. The van der Waals surface area contributed by atoms with Crippen molar-refractivity contribution in [3.63, 3.8) is 0 Å². The Hall–Kier alpha value is -2.59. The Morgan fingerprint density at radius 3 is 2.63 bits per heavy atom. The molecule has 0 aliphatic heterocycles. The predicted molar refractivity (Wildman–Crippen MR) is 122 cm³/mol. The Kier molecular flexibility index (Phi) is 5.96. The van der Waals surface area contributed by atoms with Crippen LogP contribution in [-0.4, -0.2) is 17.5 Å². The number of nitrogens with zero attached hydrogens (tertiary/aromatic N) is 1. The lowest BCUT2D eigenvalue weighted by Crippen LogP contribution is -2.38. The van der Waals surface area contributed by atoms with Crippen molar-refractivity contribution in [1.29, 1.82) is 0 Å². The third-order valence-electron chi connectivity index (χ3n) is 5.83. The number of benzene rings is 2. The van der Waals surface area contributed by atoms with Gasteiger partial charge in [0.25, 0.3) is 0 Å². The molecule has 4 nitrogen and oxygen atoms in total. The molecule has 1 amide bonds. The largest absolute Gasteiger partial charge is 0.491 e. The van der Waals surface area contributed by atoms with Crippen LogP contribution in [0.2, 0.25) is 5.02 Å². The first-order valence-electron chi connectivity index (χ1n) is 10.6. The molecule has 30 heavy (non-hydrogen) atoms. The maximum Gasteiger partial charge on any atom is 0.235 e. The summed E-state index contributed by atoms with van der Waals surface area (Å²) in [5.41, 5.74) is 1.83. The summed E-state index contributed by atoms with van der Waals surface area (Å²) < 4.78 is 5.95. The van der Waals surface area contributed by atoms with Gasteiger partial charge in [-0.1, -0.05) is 56.5 Å². The van der Waals surface area contributed by atoms with Gasteiger partial charge in [0, 0.05) is 16.6 Å². The van der Waals surface area contributed by atoms with E-state index in [4.69, 9.17) is 16.3 Å². The SMILES string of the molecule is CC(C)COc1ccc(NC(=O)C2(c3ccccc3Cl)CCCC2)c2cccnc12. The number of halogens is 1. The molecule has 1 aromatic heterocycles. The van der Waals surface area contributed by atoms with Crippen LogP contribution in [0.5, 0.6) is 5.75 Å². The minimum absolute atomic E-state index is 0.00546. The fourth-order valence-electron chi connectivity index (χ4n) is 4.32. The number of carbonyl (C=O) groups is 1. The molecule has 0 unspecified atom stereocenters. The summed E-state index contributed by atoms with van der Waals surface area (Å²) in [5.74, 6) is 1.15. The fourth-order valence-corrected chi connectivity index (χ4v) is 4.63. The average Bonchev–Trinajstić information content (AvgIpc) is 3.24. The van der Waals surface area contributed by atoms with Crippen molar-refractivity contribution in [2.24, 2.45) is 5.92 Å². The van der Waals surface area contributed by atoms with Crippen molar-refractivity contribution in [2.45, 2.75) is 44.9 Å². The van der Waals surface area contributed by atoms with Gasteiger partial charge in [-0.25, -0.2) is 0 Å². The Morgan fingerprint density at radius 2 is 1.90 bits per heavy atom. The smallest absolute Gasteiger partial charge is 0.235 e. The van der Waals surface area contributed by atoms with Gasteiger partial charge in [0.15, 0.2) is 0 Å². The van der Waals surface area contributed by atoms with Crippen LogP contribution in [0.25, 0.3) is 10.9 Å². The first-order valence-corrected chi connectivity index (χ1v) is 11.0. The van der Waals surface area contributed by atoms with E-state index in [1.165, 1.54) is 0 Å². The lowest BCUT2D eigenvalue weighted by molar-refractivity contribution is -0.121. The number of fused-ring (bicyclic) bond motifs is 1. The van der Waals surface area contributed by atoms with Gasteiger partial charge >= 0.3 is 0 Å². The maximum atomic E-state index is 13.6. The Morgan fingerprint density at radius 1 is 1.13 bits per heavy atom. The average molecular weight is 423 g/mol. The lowest BCUT2D eigenvalue weighted by atomic mass is 9.78. The summed E-state index contributed by atoms with van der Waals surface area (Å²) >= 11 is 6.51. The third kappa shape index (κ3) is 3.89. The van der Waals surface area contributed by atoms with Crippen molar-refractivity contribution in [3.05, 3.63) is 65.3 Å². The van der Waals surface area contributed by atoms with Crippen LogP contribution in [-0.2, 0) is 10.2 Å². The highest BCUT2D eigenvalue weighted by Gasteiger charge is 2.44. The number of ether oxygens (including phenoxy) is 1. The molecule has 0 atom stereocenters. The summed E-state index contributed by atoms with van der Waals surface area (Å²) in [5, 5.41) is 4.72. The number of hydrogen-bond donors (Lipinski definition) is 1. The number of anilines is 1. The third-order valence-corrected chi connectivity index (χ3v) is 6.16. The molecule has 4 rings (SSSR count). The molecule has 0 radical (unpaired) electrons. The molecule has 5 heteroatoms. The summed E-state index contributed by atoms with van der Waals surface area (Å²) in [6.45, 7) is 4.84. The molecule has 1 aliphatic carbocycles. The molecular weight excluding hydrogens is 396 g/mol. The molecule has 1 saturated carbocycles. The van der Waals surface area contributed by atoms with Crippen molar-refractivity contribution in [2.75, 3.05) is 11.9 Å². The van der Waals surface area contributed by atoms with Crippen LogP contribution in [0, 0.1) is 5.92 Å². The van der Waals surface area contributed by atoms with E-state index in [0.29, 0.717) is 17.5 Å². The molecule has 2 aromatic carbocycles. The van der Waals surface area contributed by atoms with E-state index in [1.54, 1.807) is 6.20 Å². The quantitative estimate of drug-likeness (QED) is 0.501. The van der Waals surface area contributed by atoms with Gasteiger partial charge in [0.05, 0.1) is 17.7 Å². The molecule has 156 valence electrons.